The summed E-state index contributed by atoms with van der Waals surface area (Å²) in [5.74, 6) is 0.675. The quantitative estimate of drug-likeness (QED) is 0.405. The number of hydrogen-bond donors (Lipinski definition) is 2. The topological polar surface area (TPSA) is 87.3 Å². The van der Waals surface area contributed by atoms with Crippen LogP contribution in [0.3, 0.4) is 0 Å². The molecule has 7 nitrogen and oxygen atoms in total. The number of ether oxygens (including phenoxy) is 1. The molecule has 3 aromatic carbocycles. The van der Waals surface area contributed by atoms with Gasteiger partial charge in [0.2, 0.25) is 5.91 Å². The van der Waals surface area contributed by atoms with Crippen molar-refractivity contribution in [3.8, 4) is 5.75 Å². The average Bonchev–Trinajstić information content (AvgIpc) is 3.33. The lowest BCUT2D eigenvalue weighted by molar-refractivity contribution is -0.125. The minimum Gasteiger partial charge on any atom is -0.497 e. The summed E-state index contributed by atoms with van der Waals surface area (Å²) in [6.07, 6.45) is 0. The first-order valence-electron chi connectivity index (χ1n) is 12.1. The number of aromatic nitrogens is 2. The Morgan fingerprint density at radius 3 is 2.42 bits per heavy atom. The van der Waals surface area contributed by atoms with Crippen molar-refractivity contribution in [3.05, 3.63) is 95.3 Å². The summed E-state index contributed by atoms with van der Waals surface area (Å²) < 4.78 is 5.32. The van der Waals surface area contributed by atoms with Gasteiger partial charge in [0.15, 0.2) is 0 Å². The number of rotatable bonds is 6. The number of carbonyl (C=O) groups excluding carboxylic acids is 2. The van der Waals surface area contributed by atoms with E-state index in [2.05, 4.69) is 24.1 Å². The number of para-hydroxylation sites is 2. The first-order valence-corrected chi connectivity index (χ1v) is 12.1. The molecular formula is C29H30N4O3. The number of amides is 2. The van der Waals surface area contributed by atoms with Gasteiger partial charge in [-0.2, -0.15) is 0 Å². The van der Waals surface area contributed by atoms with Crippen LogP contribution in [0.1, 0.15) is 59.2 Å². The molecule has 5 rings (SSSR count). The van der Waals surface area contributed by atoms with Gasteiger partial charge in [-0.15, -0.1) is 0 Å². The minimum atomic E-state index is -0.595. The van der Waals surface area contributed by atoms with Gasteiger partial charge in [-0.25, -0.2) is 4.98 Å². The third-order valence-electron chi connectivity index (χ3n) is 6.99. The Morgan fingerprint density at radius 2 is 1.72 bits per heavy atom. The highest BCUT2D eigenvalue weighted by Crippen LogP contribution is 2.43. The molecule has 2 heterocycles. The van der Waals surface area contributed by atoms with Crippen molar-refractivity contribution >= 4 is 22.8 Å². The van der Waals surface area contributed by atoms with E-state index < -0.39 is 12.0 Å². The number of imidazole rings is 1. The molecule has 2 N–H and O–H groups in total. The van der Waals surface area contributed by atoms with Crippen LogP contribution in [0.15, 0.2) is 72.8 Å². The first-order chi connectivity index (χ1) is 17.4. The van der Waals surface area contributed by atoms with Gasteiger partial charge in [-0.1, -0.05) is 56.3 Å². The van der Waals surface area contributed by atoms with E-state index in [1.165, 1.54) is 0 Å². The van der Waals surface area contributed by atoms with E-state index in [1.54, 1.807) is 25.1 Å². The zero-order chi connectivity index (χ0) is 25.4. The molecule has 3 atom stereocenters. The standard InChI is InChI=1S/C29H30N4O3/c1-17(2)25(27-30-22-11-7-8-12-23(22)31-27)32-28(34)24-20-9-5-6-10-21(20)29(35)33(3)26(24)18-13-15-19(36-4)16-14-18/h5-17,24-26H,1-4H3,(H,30,31)(H,32,34)/t24?,25-,26?/m0/s1. The first kappa shape index (κ1) is 23.6. The summed E-state index contributed by atoms with van der Waals surface area (Å²) in [5, 5.41) is 3.27. The van der Waals surface area contributed by atoms with E-state index >= 15 is 0 Å². The van der Waals surface area contributed by atoms with Crippen LogP contribution in [0.25, 0.3) is 11.0 Å². The van der Waals surface area contributed by atoms with E-state index in [0.717, 1.165) is 27.9 Å². The largest absolute Gasteiger partial charge is 0.497 e. The lowest BCUT2D eigenvalue weighted by Gasteiger charge is -2.40. The molecule has 4 aromatic rings. The van der Waals surface area contributed by atoms with Crippen molar-refractivity contribution in [3.63, 3.8) is 0 Å². The van der Waals surface area contributed by atoms with Gasteiger partial charge in [0.25, 0.3) is 5.91 Å². The summed E-state index contributed by atoms with van der Waals surface area (Å²) in [6.45, 7) is 4.12. The number of aromatic amines is 1. The Balaban J connectivity index is 1.56. The molecule has 36 heavy (non-hydrogen) atoms. The molecule has 0 aliphatic carbocycles. The molecule has 0 radical (unpaired) electrons. The number of H-pyrrole nitrogens is 1. The molecule has 0 saturated carbocycles. The van der Waals surface area contributed by atoms with Crippen molar-refractivity contribution in [2.24, 2.45) is 5.92 Å². The maximum atomic E-state index is 14.1. The molecular weight excluding hydrogens is 452 g/mol. The van der Waals surface area contributed by atoms with Crippen molar-refractivity contribution in [1.82, 2.24) is 20.2 Å². The zero-order valence-corrected chi connectivity index (χ0v) is 20.9. The van der Waals surface area contributed by atoms with Crippen LogP contribution in [-0.2, 0) is 4.79 Å². The number of carbonyl (C=O) groups is 2. The van der Waals surface area contributed by atoms with Crippen LogP contribution >= 0.6 is 0 Å². The van der Waals surface area contributed by atoms with Crippen LogP contribution < -0.4 is 10.1 Å². The van der Waals surface area contributed by atoms with Gasteiger partial charge in [-0.3, -0.25) is 9.59 Å². The molecule has 0 bridgehead atoms. The number of fused-ring (bicyclic) bond motifs is 2. The molecule has 1 aromatic heterocycles. The van der Waals surface area contributed by atoms with Crippen molar-refractivity contribution in [2.75, 3.05) is 14.2 Å². The monoisotopic (exact) mass is 482 g/mol. The maximum absolute atomic E-state index is 14.1. The van der Waals surface area contributed by atoms with E-state index in [9.17, 15) is 9.59 Å². The fourth-order valence-electron chi connectivity index (χ4n) is 5.09. The van der Waals surface area contributed by atoms with E-state index in [1.807, 2.05) is 66.7 Å². The van der Waals surface area contributed by atoms with Gasteiger partial charge < -0.3 is 19.9 Å². The van der Waals surface area contributed by atoms with E-state index in [-0.39, 0.29) is 23.8 Å². The second-order valence-corrected chi connectivity index (χ2v) is 9.57. The summed E-state index contributed by atoms with van der Waals surface area (Å²) in [7, 11) is 3.37. The van der Waals surface area contributed by atoms with Gasteiger partial charge in [0.05, 0.1) is 36.1 Å². The van der Waals surface area contributed by atoms with E-state index in [0.29, 0.717) is 11.4 Å². The Hall–Kier alpha value is -4.13. The third-order valence-corrected chi connectivity index (χ3v) is 6.99. The molecule has 7 heteroatoms. The second kappa shape index (κ2) is 9.49. The fraction of sp³-hybridized carbons (Fsp3) is 0.276. The lowest BCUT2D eigenvalue weighted by atomic mass is 9.79. The van der Waals surface area contributed by atoms with Gasteiger partial charge in [0, 0.05) is 12.6 Å². The third kappa shape index (κ3) is 4.11. The Kier molecular flexibility index (Phi) is 6.22. The van der Waals surface area contributed by atoms with Gasteiger partial charge >= 0.3 is 0 Å². The zero-order valence-electron chi connectivity index (χ0n) is 20.9. The molecule has 1 aliphatic rings. The number of benzene rings is 3. The summed E-state index contributed by atoms with van der Waals surface area (Å²) in [5.41, 5.74) is 3.93. The van der Waals surface area contributed by atoms with Crippen LogP contribution in [0.4, 0.5) is 0 Å². The minimum absolute atomic E-state index is 0.0899. The highest BCUT2D eigenvalue weighted by atomic mass is 16.5. The Morgan fingerprint density at radius 1 is 1.03 bits per heavy atom. The van der Waals surface area contributed by atoms with Crippen LogP contribution in [0, 0.1) is 5.92 Å². The summed E-state index contributed by atoms with van der Waals surface area (Å²) >= 11 is 0. The molecule has 2 unspecified atom stereocenters. The smallest absolute Gasteiger partial charge is 0.254 e. The van der Waals surface area contributed by atoms with Gasteiger partial charge in [-0.05, 0) is 47.4 Å². The second-order valence-electron chi connectivity index (χ2n) is 9.57. The van der Waals surface area contributed by atoms with E-state index in [4.69, 9.17) is 9.72 Å². The van der Waals surface area contributed by atoms with Crippen LogP contribution in [-0.4, -0.2) is 40.8 Å². The number of nitrogens with one attached hydrogen (secondary N) is 2. The van der Waals surface area contributed by atoms with Crippen molar-refractivity contribution in [1.29, 1.82) is 0 Å². The van der Waals surface area contributed by atoms with Crippen molar-refractivity contribution in [2.45, 2.75) is 31.8 Å². The number of nitrogens with zero attached hydrogens (tertiary/aromatic N) is 2. The highest BCUT2D eigenvalue weighted by Gasteiger charge is 2.43. The normalized spacial score (nSPS) is 18.2. The number of methoxy groups -OCH3 is 1. The Bertz CT molecular complexity index is 1380. The number of hydrogen-bond acceptors (Lipinski definition) is 4. The predicted octanol–water partition coefficient (Wildman–Crippen LogP) is 5.00. The summed E-state index contributed by atoms with van der Waals surface area (Å²) in [4.78, 5) is 37.2. The van der Waals surface area contributed by atoms with Gasteiger partial charge in [0.1, 0.15) is 11.6 Å². The van der Waals surface area contributed by atoms with Crippen LogP contribution in [0.2, 0.25) is 0 Å². The molecule has 0 saturated heterocycles. The predicted molar refractivity (Wildman–Crippen MR) is 139 cm³/mol. The maximum Gasteiger partial charge on any atom is 0.254 e. The molecule has 2 amide bonds. The lowest BCUT2D eigenvalue weighted by Crippen LogP contribution is -2.46. The van der Waals surface area contributed by atoms with Crippen LogP contribution in [0.5, 0.6) is 5.75 Å². The molecule has 184 valence electrons. The fourth-order valence-corrected chi connectivity index (χ4v) is 5.09. The summed E-state index contributed by atoms with van der Waals surface area (Å²) in [6, 6.07) is 22.0. The van der Waals surface area contributed by atoms with Crippen molar-refractivity contribution < 1.29 is 14.3 Å². The molecule has 0 spiro atoms. The average molecular weight is 483 g/mol. The SMILES string of the molecule is COc1ccc(C2C(C(=O)N[C@H](c3nc4ccccc4[nH]3)C(C)C)c3ccccc3C(=O)N2C)cc1. The highest BCUT2D eigenvalue weighted by molar-refractivity contribution is 6.01. The Labute approximate surface area is 210 Å². The molecule has 0 fully saturated rings. The molecule has 1 aliphatic heterocycles. The number of likely N-dealkylation sites (N-methyl/N-ethyl adjacent to an activating group) is 1.